The van der Waals surface area contributed by atoms with Crippen LogP contribution in [0.5, 0.6) is 0 Å². The number of aromatic carboxylic acids is 1. The van der Waals surface area contributed by atoms with Crippen LogP contribution in [0.25, 0.3) is 0 Å². The number of carbonyl (C=O) groups excluding carboxylic acids is 1. The highest BCUT2D eigenvalue weighted by atomic mass is 35.5. The molecule has 0 aliphatic heterocycles. The predicted molar refractivity (Wildman–Crippen MR) is 96.5 cm³/mol. The zero-order valence-electron chi connectivity index (χ0n) is 13.8. The average molecular weight is 386 g/mol. The quantitative estimate of drug-likeness (QED) is 0.651. The van der Waals surface area contributed by atoms with Crippen LogP contribution in [0.1, 0.15) is 43.6 Å². The van der Waals surface area contributed by atoms with Gasteiger partial charge in [0.15, 0.2) is 5.78 Å². The zero-order valence-corrected chi connectivity index (χ0v) is 14.5. The molecule has 0 fully saturated rings. The lowest BCUT2D eigenvalue weighted by atomic mass is 9.93. The second-order valence-electron chi connectivity index (χ2n) is 5.72. The van der Waals surface area contributed by atoms with Crippen LogP contribution in [-0.4, -0.2) is 26.9 Å². The summed E-state index contributed by atoms with van der Waals surface area (Å²) < 4.78 is 14.7. The number of aliphatic hydroxyl groups is 1. The molecule has 27 heavy (non-hydrogen) atoms. The van der Waals surface area contributed by atoms with Crippen molar-refractivity contribution in [2.24, 2.45) is 0 Å². The molecule has 1 heterocycles. The summed E-state index contributed by atoms with van der Waals surface area (Å²) in [6.45, 7) is 0. The first-order valence-electron chi connectivity index (χ1n) is 7.84. The Morgan fingerprint density at radius 1 is 1.07 bits per heavy atom. The van der Waals surface area contributed by atoms with Gasteiger partial charge in [-0.2, -0.15) is 0 Å². The maximum Gasteiger partial charge on any atom is 0.336 e. The van der Waals surface area contributed by atoms with Crippen molar-refractivity contribution in [2.45, 2.75) is 6.10 Å². The van der Waals surface area contributed by atoms with E-state index in [9.17, 15) is 24.2 Å². The van der Waals surface area contributed by atoms with Gasteiger partial charge in [0.2, 0.25) is 0 Å². The van der Waals surface area contributed by atoms with Gasteiger partial charge in [0.25, 0.3) is 0 Å². The highest BCUT2D eigenvalue weighted by Gasteiger charge is 2.25. The van der Waals surface area contributed by atoms with E-state index in [-0.39, 0.29) is 16.8 Å². The van der Waals surface area contributed by atoms with Gasteiger partial charge in [0, 0.05) is 16.8 Å². The number of aromatic nitrogens is 1. The Bertz CT molecular complexity index is 1010. The minimum atomic E-state index is -1.48. The van der Waals surface area contributed by atoms with Crippen molar-refractivity contribution in [3.05, 3.63) is 99.6 Å². The molecule has 1 aromatic heterocycles. The lowest BCUT2D eigenvalue weighted by Crippen LogP contribution is -2.15. The normalized spacial score (nSPS) is 11.8. The van der Waals surface area contributed by atoms with E-state index in [1.165, 1.54) is 36.5 Å². The van der Waals surface area contributed by atoms with E-state index in [2.05, 4.69) is 4.98 Å². The van der Waals surface area contributed by atoms with Crippen molar-refractivity contribution < 1.29 is 24.2 Å². The van der Waals surface area contributed by atoms with E-state index in [0.29, 0.717) is 5.02 Å². The van der Waals surface area contributed by atoms with Crippen molar-refractivity contribution in [2.75, 3.05) is 0 Å². The molecule has 0 radical (unpaired) electrons. The molecule has 5 nitrogen and oxygen atoms in total. The predicted octanol–water partition coefficient (Wildman–Crippen LogP) is 3.89. The highest BCUT2D eigenvalue weighted by molar-refractivity contribution is 6.30. The molecule has 0 spiro atoms. The monoisotopic (exact) mass is 385 g/mol. The molecular formula is C20H13ClFNO4. The third kappa shape index (κ3) is 3.86. The molecule has 0 aliphatic carbocycles. The first-order chi connectivity index (χ1) is 12.9. The van der Waals surface area contributed by atoms with Crippen molar-refractivity contribution in [1.29, 1.82) is 0 Å². The van der Waals surface area contributed by atoms with E-state index in [0.717, 1.165) is 12.1 Å². The lowest BCUT2D eigenvalue weighted by molar-refractivity contribution is 0.0691. The molecule has 3 aromatic rings. The summed E-state index contributed by atoms with van der Waals surface area (Å²) in [5, 5.41) is 20.2. The van der Waals surface area contributed by atoms with Gasteiger partial charge >= 0.3 is 5.97 Å². The Balaban J connectivity index is 2.09. The second kappa shape index (κ2) is 7.65. The van der Waals surface area contributed by atoms with Gasteiger partial charge < -0.3 is 10.2 Å². The topological polar surface area (TPSA) is 87.5 Å². The highest BCUT2D eigenvalue weighted by Crippen LogP contribution is 2.27. The van der Waals surface area contributed by atoms with E-state index >= 15 is 0 Å². The number of nitrogens with zero attached hydrogens (tertiary/aromatic N) is 1. The number of carboxylic acid groups (broad SMARTS) is 1. The van der Waals surface area contributed by atoms with Crippen LogP contribution in [0.2, 0.25) is 5.02 Å². The first kappa shape index (κ1) is 18.7. The Morgan fingerprint density at radius 2 is 1.78 bits per heavy atom. The van der Waals surface area contributed by atoms with Crippen LogP contribution in [0, 0.1) is 5.82 Å². The number of aliphatic hydroxyl groups excluding tert-OH is 1. The van der Waals surface area contributed by atoms with Crippen LogP contribution < -0.4 is 0 Å². The second-order valence-corrected chi connectivity index (χ2v) is 6.16. The molecule has 0 bridgehead atoms. The fraction of sp³-hybridized carbons (Fsp3) is 0.0500. The Labute approximate surface area is 158 Å². The molecule has 2 aromatic carbocycles. The lowest BCUT2D eigenvalue weighted by Gasteiger charge is -2.14. The third-order valence-corrected chi connectivity index (χ3v) is 4.21. The van der Waals surface area contributed by atoms with Crippen LogP contribution >= 0.6 is 11.6 Å². The molecule has 136 valence electrons. The Hall–Kier alpha value is -3.09. The number of carbonyl (C=O) groups is 2. The number of ketones is 1. The summed E-state index contributed by atoms with van der Waals surface area (Å²) in [6, 6.07) is 12.5. The van der Waals surface area contributed by atoms with Gasteiger partial charge in [-0.1, -0.05) is 17.7 Å². The molecule has 2 N–H and O–H groups in total. The van der Waals surface area contributed by atoms with Crippen LogP contribution in [0.15, 0.2) is 60.8 Å². The third-order valence-electron chi connectivity index (χ3n) is 3.96. The summed E-state index contributed by atoms with van der Waals surface area (Å²) in [6.07, 6.45) is 0.115. The molecule has 1 unspecified atom stereocenters. The Kier molecular flexibility index (Phi) is 5.30. The molecule has 0 saturated carbocycles. The molecular weight excluding hydrogens is 373 g/mol. The van der Waals surface area contributed by atoms with Gasteiger partial charge in [-0.3, -0.25) is 9.78 Å². The van der Waals surface area contributed by atoms with Gasteiger partial charge in [0.1, 0.15) is 11.9 Å². The van der Waals surface area contributed by atoms with Gasteiger partial charge in [-0.05, 0) is 54.1 Å². The van der Waals surface area contributed by atoms with Crippen molar-refractivity contribution in [3.8, 4) is 0 Å². The molecule has 3 rings (SSSR count). The number of hydrogen-bond acceptors (Lipinski definition) is 4. The maximum atomic E-state index is 14.7. The summed E-state index contributed by atoms with van der Waals surface area (Å²) >= 11 is 5.78. The standard InChI is InChI=1S/C20H13ClFNO4/c21-13-6-4-11(5-7-13)19(25)17-14(20(26)27)9-12(10-15(17)22)18(24)16-3-1-2-8-23-16/h1-10,18,24H,(H,26,27). The molecule has 1 atom stereocenters. The fourth-order valence-corrected chi connectivity index (χ4v) is 2.77. The van der Waals surface area contributed by atoms with E-state index in [1.807, 2.05) is 0 Å². The van der Waals surface area contributed by atoms with Crippen LogP contribution in [0.3, 0.4) is 0 Å². The van der Waals surface area contributed by atoms with E-state index in [4.69, 9.17) is 11.6 Å². The fourth-order valence-electron chi connectivity index (χ4n) is 2.64. The van der Waals surface area contributed by atoms with Crippen molar-refractivity contribution >= 4 is 23.4 Å². The molecule has 0 aliphatic rings. The smallest absolute Gasteiger partial charge is 0.336 e. The van der Waals surface area contributed by atoms with Crippen LogP contribution in [-0.2, 0) is 0 Å². The van der Waals surface area contributed by atoms with E-state index in [1.54, 1.807) is 12.1 Å². The number of pyridine rings is 1. The SMILES string of the molecule is O=C(O)c1cc(C(O)c2ccccn2)cc(F)c1C(=O)c1ccc(Cl)cc1. The summed E-state index contributed by atoms with van der Waals surface area (Å²) in [4.78, 5) is 28.2. The van der Waals surface area contributed by atoms with E-state index < -0.39 is 34.8 Å². The summed E-state index contributed by atoms with van der Waals surface area (Å²) in [5.74, 6) is -3.32. The summed E-state index contributed by atoms with van der Waals surface area (Å²) in [5.41, 5.74) is -0.818. The van der Waals surface area contributed by atoms with Crippen molar-refractivity contribution in [1.82, 2.24) is 4.98 Å². The molecule has 7 heteroatoms. The minimum absolute atomic E-state index is 0.0174. The van der Waals surface area contributed by atoms with Crippen molar-refractivity contribution in [3.63, 3.8) is 0 Å². The maximum absolute atomic E-state index is 14.7. The van der Waals surface area contributed by atoms with Crippen LogP contribution in [0.4, 0.5) is 4.39 Å². The van der Waals surface area contributed by atoms with Gasteiger partial charge in [-0.25, -0.2) is 9.18 Å². The zero-order chi connectivity index (χ0) is 19.6. The number of hydrogen-bond donors (Lipinski definition) is 2. The Morgan fingerprint density at radius 3 is 2.37 bits per heavy atom. The summed E-state index contributed by atoms with van der Waals surface area (Å²) in [7, 11) is 0. The number of benzene rings is 2. The molecule has 0 saturated heterocycles. The first-order valence-corrected chi connectivity index (χ1v) is 8.22. The molecule has 0 amide bonds. The average Bonchev–Trinajstić information content (AvgIpc) is 2.67. The van der Waals surface area contributed by atoms with Gasteiger partial charge in [-0.15, -0.1) is 0 Å². The number of rotatable bonds is 5. The largest absolute Gasteiger partial charge is 0.478 e. The van der Waals surface area contributed by atoms with Gasteiger partial charge in [0.05, 0.1) is 16.8 Å². The number of carboxylic acids is 1. The minimum Gasteiger partial charge on any atom is -0.478 e. The number of halogens is 2.